The predicted molar refractivity (Wildman–Crippen MR) is 59.6 cm³/mol. The SMILES string of the molecule is COC(=O)C1=C[C@H]2C(C)=C(C(C)=O)C2C=C1. The molecule has 0 amide bonds. The van der Waals surface area contributed by atoms with Crippen LogP contribution in [0.4, 0.5) is 0 Å². The number of Topliss-reactive ketones (excluding diaryl/α,β-unsaturated/α-hetero) is 1. The first-order chi connectivity index (χ1) is 7.56. The zero-order valence-electron chi connectivity index (χ0n) is 9.61. The number of fused-ring (bicyclic) bond motifs is 1. The maximum absolute atomic E-state index is 11.4. The molecule has 0 aromatic rings. The van der Waals surface area contributed by atoms with Gasteiger partial charge in [0.05, 0.1) is 12.7 Å². The summed E-state index contributed by atoms with van der Waals surface area (Å²) >= 11 is 0. The number of hydrogen-bond acceptors (Lipinski definition) is 3. The number of rotatable bonds is 2. The van der Waals surface area contributed by atoms with Crippen LogP contribution in [-0.4, -0.2) is 18.9 Å². The molecule has 0 aromatic heterocycles. The average molecular weight is 218 g/mol. The number of ketones is 1. The van der Waals surface area contributed by atoms with Crippen molar-refractivity contribution in [1.82, 2.24) is 0 Å². The zero-order chi connectivity index (χ0) is 11.9. The lowest BCUT2D eigenvalue weighted by molar-refractivity contribution is -0.135. The Labute approximate surface area is 94.5 Å². The molecular weight excluding hydrogens is 204 g/mol. The molecule has 0 saturated carbocycles. The van der Waals surface area contributed by atoms with Crippen LogP contribution < -0.4 is 0 Å². The van der Waals surface area contributed by atoms with E-state index in [2.05, 4.69) is 4.74 Å². The number of allylic oxidation sites excluding steroid dienone is 4. The standard InChI is InChI=1S/C13H14O3/c1-7-11-6-9(13(15)16-3)4-5-10(11)12(7)8(2)14/h4-6,10-11H,1-3H3/t10?,11-/m0/s1. The molecule has 0 spiro atoms. The van der Waals surface area contributed by atoms with Crippen LogP contribution in [0.3, 0.4) is 0 Å². The normalized spacial score (nSPS) is 26.8. The Morgan fingerprint density at radius 1 is 1.31 bits per heavy atom. The van der Waals surface area contributed by atoms with Crippen molar-refractivity contribution in [2.24, 2.45) is 11.8 Å². The summed E-state index contributed by atoms with van der Waals surface area (Å²) in [6.07, 6.45) is 5.54. The molecule has 84 valence electrons. The molecule has 0 N–H and O–H groups in total. The van der Waals surface area contributed by atoms with E-state index in [4.69, 9.17) is 0 Å². The lowest BCUT2D eigenvalue weighted by atomic mass is 9.64. The third-order valence-electron chi connectivity index (χ3n) is 3.29. The fourth-order valence-electron chi connectivity index (χ4n) is 2.46. The van der Waals surface area contributed by atoms with Gasteiger partial charge in [0.2, 0.25) is 0 Å². The Morgan fingerprint density at radius 3 is 2.56 bits per heavy atom. The molecule has 0 radical (unpaired) electrons. The average Bonchev–Trinajstić information content (AvgIpc) is 2.26. The molecule has 1 unspecified atom stereocenters. The second-order valence-corrected chi connectivity index (χ2v) is 4.18. The van der Waals surface area contributed by atoms with Gasteiger partial charge in [-0.1, -0.05) is 23.8 Å². The number of methoxy groups -OCH3 is 1. The second-order valence-electron chi connectivity index (χ2n) is 4.18. The Bertz CT molecular complexity index is 452. The molecule has 0 fully saturated rings. The van der Waals surface area contributed by atoms with E-state index in [0.717, 1.165) is 11.1 Å². The van der Waals surface area contributed by atoms with Crippen molar-refractivity contribution in [3.63, 3.8) is 0 Å². The van der Waals surface area contributed by atoms with E-state index < -0.39 is 0 Å². The summed E-state index contributed by atoms with van der Waals surface area (Å²) in [6, 6.07) is 0. The van der Waals surface area contributed by atoms with Gasteiger partial charge in [-0.15, -0.1) is 0 Å². The summed E-state index contributed by atoms with van der Waals surface area (Å²) in [5.41, 5.74) is 2.54. The maximum Gasteiger partial charge on any atom is 0.337 e. The zero-order valence-corrected chi connectivity index (χ0v) is 9.61. The summed E-state index contributed by atoms with van der Waals surface area (Å²) in [7, 11) is 1.37. The van der Waals surface area contributed by atoms with Crippen molar-refractivity contribution in [2.75, 3.05) is 7.11 Å². The summed E-state index contributed by atoms with van der Waals surface area (Å²) in [4.78, 5) is 22.7. The number of esters is 1. The highest BCUT2D eigenvalue weighted by Gasteiger charge is 2.39. The predicted octanol–water partition coefficient (Wildman–Crippen LogP) is 1.81. The third kappa shape index (κ3) is 1.43. The van der Waals surface area contributed by atoms with Gasteiger partial charge < -0.3 is 4.74 Å². The number of hydrogen-bond donors (Lipinski definition) is 0. The highest BCUT2D eigenvalue weighted by molar-refractivity contribution is 5.98. The molecule has 0 bridgehead atoms. The van der Waals surface area contributed by atoms with Crippen LogP contribution in [0, 0.1) is 11.8 Å². The first-order valence-electron chi connectivity index (χ1n) is 5.26. The largest absolute Gasteiger partial charge is 0.465 e. The van der Waals surface area contributed by atoms with Crippen LogP contribution in [0.25, 0.3) is 0 Å². The van der Waals surface area contributed by atoms with Gasteiger partial charge in [-0.05, 0) is 13.8 Å². The molecule has 2 rings (SSSR count). The smallest absolute Gasteiger partial charge is 0.337 e. The van der Waals surface area contributed by atoms with Gasteiger partial charge >= 0.3 is 5.97 Å². The van der Waals surface area contributed by atoms with E-state index in [9.17, 15) is 9.59 Å². The van der Waals surface area contributed by atoms with Crippen LogP contribution in [0.15, 0.2) is 34.9 Å². The molecule has 0 heterocycles. The van der Waals surface area contributed by atoms with Crippen LogP contribution in [0.5, 0.6) is 0 Å². The molecule has 0 saturated heterocycles. The van der Waals surface area contributed by atoms with Gasteiger partial charge in [0.25, 0.3) is 0 Å². The number of ether oxygens (including phenoxy) is 1. The molecule has 3 nitrogen and oxygen atoms in total. The first-order valence-corrected chi connectivity index (χ1v) is 5.26. The highest BCUT2D eigenvalue weighted by Crippen LogP contribution is 2.45. The van der Waals surface area contributed by atoms with Crippen molar-refractivity contribution >= 4 is 11.8 Å². The van der Waals surface area contributed by atoms with E-state index in [1.54, 1.807) is 13.0 Å². The summed E-state index contributed by atoms with van der Waals surface area (Å²) < 4.78 is 4.67. The van der Waals surface area contributed by atoms with Crippen LogP contribution in [-0.2, 0) is 14.3 Å². The van der Waals surface area contributed by atoms with E-state index >= 15 is 0 Å². The summed E-state index contributed by atoms with van der Waals surface area (Å²) in [6.45, 7) is 3.53. The van der Waals surface area contributed by atoms with Crippen LogP contribution in [0.1, 0.15) is 13.8 Å². The minimum atomic E-state index is -0.321. The molecule has 16 heavy (non-hydrogen) atoms. The molecule has 2 aliphatic rings. The van der Waals surface area contributed by atoms with Crippen molar-refractivity contribution < 1.29 is 14.3 Å². The van der Waals surface area contributed by atoms with Crippen molar-refractivity contribution in [3.8, 4) is 0 Å². The molecule has 2 atom stereocenters. The number of carbonyl (C=O) groups excluding carboxylic acids is 2. The lowest BCUT2D eigenvalue weighted by Gasteiger charge is -2.38. The Kier molecular flexibility index (Phi) is 2.54. The molecule has 2 aliphatic carbocycles. The minimum Gasteiger partial charge on any atom is -0.465 e. The van der Waals surface area contributed by atoms with Crippen LogP contribution in [0.2, 0.25) is 0 Å². The topological polar surface area (TPSA) is 43.4 Å². The van der Waals surface area contributed by atoms with Gasteiger partial charge in [0.1, 0.15) is 0 Å². The lowest BCUT2D eigenvalue weighted by Crippen LogP contribution is -2.33. The van der Waals surface area contributed by atoms with Crippen molar-refractivity contribution in [3.05, 3.63) is 34.9 Å². The summed E-state index contributed by atoms with van der Waals surface area (Å²) in [5, 5.41) is 0. The van der Waals surface area contributed by atoms with E-state index in [-0.39, 0.29) is 23.6 Å². The second kappa shape index (κ2) is 3.74. The first kappa shape index (κ1) is 10.9. The van der Waals surface area contributed by atoms with Gasteiger partial charge in [0, 0.05) is 17.4 Å². The highest BCUT2D eigenvalue weighted by atomic mass is 16.5. The van der Waals surface area contributed by atoms with Crippen molar-refractivity contribution in [1.29, 1.82) is 0 Å². The fraction of sp³-hybridized carbons (Fsp3) is 0.385. The third-order valence-corrected chi connectivity index (χ3v) is 3.29. The fourth-order valence-corrected chi connectivity index (χ4v) is 2.46. The Hall–Kier alpha value is -1.64. The number of carbonyl (C=O) groups is 2. The van der Waals surface area contributed by atoms with Crippen LogP contribution >= 0.6 is 0 Å². The van der Waals surface area contributed by atoms with Crippen molar-refractivity contribution in [2.45, 2.75) is 13.8 Å². The van der Waals surface area contributed by atoms with Gasteiger partial charge in [-0.3, -0.25) is 4.79 Å². The van der Waals surface area contributed by atoms with Gasteiger partial charge in [0.15, 0.2) is 5.78 Å². The Balaban J connectivity index is 2.29. The van der Waals surface area contributed by atoms with Gasteiger partial charge in [-0.2, -0.15) is 0 Å². The molecular formula is C13H14O3. The molecule has 3 heteroatoms. The Morgan fingerprint density at radius 2 is 2.00 bits per heavy atom. The minimum absolute atomic E-state index is 0.123. The molecule has 0 aliphatic heterocycles. The quantitative estimate of drug-likeness (QED) is 0.664. The van der Waals surface area contributed by atoms with E-state index in [1.807, 2.05) is 19.1 Å². The monoisotopic (exact) mass is 218 g/mol. The van der Waals surface area contributed by atoms with Gasteiger partial charge in [-0.25, -0.2) is 4.79 Å². The molecule has 0 aromatic carbocycles. The summed E-state index contributed by atoms with van der Waals surface area (Å²) in [5.74, 6) is 0.154. The maximum atomic E-state index is 11.4. The van der Waals surface area contributed by atoms with E-state index in [1.165, 1.54) is 7.11 Å². The van der Waals surface area contributed by atoms with E-state index in [0.29, 0.717) is 5.57 Å².